The molecule has 2 rings (SSSR count). The molecule has 0 saturated carbocycles. The van der Waals surface area contributed by atoms with E-state index >= 15 is 0 Å². The van der Waals surface area contributed by atoms with E-state index in [1.165, 1.54) is 0 Å². The summed E-state index contributed by atoms with van der Waals surface area (Å²) >= 11 is 0. The number of nitrogens with one attached hydrogen (secondary N) is 2. The van der Waals surface area contributed by atoms with Crippen LogP contribution >= 0.6 is 0 Å². The number of esters is 1. The number of nitrogens with zero attached hydrogens (tertiary/aromatic N) is 1. The first-order valence-corrected chi connectivity index (χ1v) is 6.88. The Kier molecular flexibility index (Phi) is 4.57. The number of amides is 1. The van der Waals surface area contributed by atoms with Gasteiger partial charge >= 0.3 is 5.97 Å². The molecule has 21 heavy (non-hydrogen) atoms. The van der Waals surface area contributed by atoms with E-state index in [1.54, 1.807) is 6.07 Å². The fraction of sp³-hybridized carbons (Fsp3) is 0.400. The van der Waals surface area contributed by atoms with Gasteiger partial charge in [0.05, 0.1) is 5.52 Å². The maximum Gasteiger partial charge on any atom is 0.359 e. The van der Waals surface area contributed by atoms with E-state index in [1.807, 2.05) is 39.0 Å². The monoisotopic (exact) mass is 289 g/mol. The number of aromatic amines is 1. The lowest BCUT2D eigenvalue weighted by Gasteiger charge is -2.17. The van der Waals surface area contributed by atoms with Gasteiger partial charge in [0.2, 0.25) is 0 Å². The summed E-state index contributed by atoms with van der Waals surface area (Å²) in [5, 5.41) is 10.1. The molecule has 0 unspecified atom stereocenters. The molecular formula is C15H19N3O3. The van der Waals surface area contributed by atoms with Crippen LogP contribution in [0.2, 0.25) is 0 Å². The van der Waals surface area contributed by atoms with Crippen LogP contribution < -0.4 is 5.32 Å². The molecule has 0 aliphatic carbocycles. The van der Waals surface area contributed by atoms with Crippen molar-refractivity contribution in [2.45, 2.75) is 26.8 Å². The van der Waals surface area contributed by atoms with E-state index in [2.05, 4.69) is 15.5 Å². The highest BCUT2D eigenvalue weighted by atomic mass is 16.5. The number of carbonyl (C=O) groups is 2. The van der Waals surface area contributed by atoms with E-state index in [0.717, 1.165) is 5.52 Å². The summed E-state index contributed by atoms with van der Waals surface area (Å²) in [6, 6.07) is 7.27. The van der Waals surface area contributed by atoms with Crippen molar-refractivity contribution in [1.82, 2.24) is 15.5 Å². The van der Waals surface area contributed by atoms with Gasteiger partial charge in [0, 0.05) is 11.4 Å². The highest BCUT2D eigenvalue weighted by Gasteiger charge is 2.17. The van der Waals surface area contributed by atoms with Crippen LogP contribution in [-0.2, 0) is 9.53 Å². The fourth-order valence-electron chi connectivity index (χ4n) is 1.78. The van der Waals surface area contributed by atoms with Crippen LogP contribution in [0.25, 0.3) is 10.9 Å². The van der Waals surface area contributed by atoms with Gasteiger partial charge in [-0.25, -0.2) is 4.79 Å². The van der Waals surface area contributed by atoms with Gasteiger partial charge in [-0.2, -0.15) is 5.10 Å². The van der Waals surface area contributed by atoms with Gasteiger partial charge in [-0.05, 0) is 18.9 Å². The summed E-state index contributed by atoms with van der Waals surface area (Å²) in [5.74, 6) is -0.607. The predicted molar refractivity (Wildman–Crippen MR) is 78.8 cm³/mol. The molecule has 6 nitrogen and oxygen atoms in total. The van der Waals surface area contributed by atoms with Crippen molar-refractivity contribution in [3.8, 4) is 0 Å². The SMILES string of the molecule is CC(C)[C@H](C)NC(=O)COC(=O)c1n[nH]c2ccccc12. The molecule has 1 atom stereocenters. The summed E-state index contributed by atoms with van der Waals surface area (Å²) in [7, 11) is 0. The van der Waals surface area contributed by atoms with E-state index < -0.39 is 5.97 Å². The van der Waals surface area contributed by atoms with Crippen LogP contribution in [0, 0.1) is 5.92 Å². The van der Waals surface area contributed by atoms with Crippen LogP contribution in [0.1, 0.15) is 31.3 Å². The third-order valence-electron chi connectivity index (χ3n) is 3.39. The maximum atomic E-state index is 12.0. The van der Waals surface area contributed by atoms with Crippen LogP contribution in [0.3, 0.4) is 0 Å². The summed E-state index contributed by atoms with van der Waals surface area (Å²) < 4.78 is 5.00. The molecule has 0 aliphatic heterocycles. The van der Waals surface area contributed by atoms with Crippen molar-refractivity contribution < 1.29 is 14.3 Å². The Morgan fingerprint density at radius 2 is 2.00 bits per heavy atom. The molecule has 0 fully saturated rings. The van der Waals surface area contributed by atoms with Crippen LogP contribution in [0.4, 0.5) is 0 Å². The number of aromatic nitrogens is 2. The lowest BCUT2D eigenvalue weighted by atomic mass is 10.1. The van der Waals surface area contributed by atoms with Crippen molar-refractivity contribution in [3.05, 3.63) is 30.0 Å². The largest absolute Gasteiger partial charge is 0.451 e. The zero-order chi connectivity index (χ0) is 15.4. The lowest BCUT2D eigenvalue weighted by molar-refractivity contribution is -0.125. The summed E-state index contributed by atoms with van der Waals surface area (Å²) in [6.45, 7) is 5.61. The van der Waals surface area contributed by atoms with Crippen LogP contribution in [0.5, 0.6) is 0 Å². The first-order chi connectivity index (χ1) is 9.99. The summed E-state index contributed by atoms with van der Waals surface area (Å²) in [4.78, 5) is 23.6. The number of hydrogen-bond donors (Lipinski definition) is 2. The lowest BCUT2D eigenvalue weighted by Crippen LogP contribution is -2.38. The standard InChI is InChI=1S/C15H19N3O3/c1-9(2)10(3)16-13(19)8-21-15(20)14-11-6-4-5-7-12(11)17-18-14/h4-7,9-10H,8H2,1-3H3,(H,16,19)(H,17,18)/t10-/m0/s1. The number of benzene rings is 1. The summed E-state index contributed by atoms with van der Waals surface area (Å²) in [6.07, 6.45) is 0. The number of H-pyrrole nitrogens is 1. The first kappa shape index (κ1) is 15.0. The normalized spacial score (nSPS) is 12.4. The molecule has 2 aromatic rings. The Balaban J connectivity index is 1.95. The second kappa shape index (κ2) is 6.39. The second-order valence-electron chi connectivity index (χ2n) is 5.29. The number of carbonyl (C=O) groups excluding carboxylic acids is 2. The summed E-state index contributed by atoms with van der Waals surface area (Å²) in [5.41, 5.74) is 0.942. The maximum absolute atomic E-state index is 12.0. The molecule has 1 aromatic carbocycles. The number of ether oxygens (including phenoxy) is 1. The number of fused-ring (bicyclic) bond motifs is 1. The van der Waals surface area contributed by atoms with Crippen molar-refractivity contribution in [2.75, 3.05) is 6.61 Å². The third kappa shape index (κ3) is 3.59. The van der Waals surface area contributed by atoms with Gasteiger partial charge < -0.3 is 10.1 Å². The molecule has 0 aliphatic rings. The predicted octanol–water partition coefficient (Wildman–Crippen LogP) is 1.88. The zero-order valence-corrected chi connectivity index (χ0v) is 12.3. The first-order valence-electron chi connectivity index (χ1n) is 6.88. The minimum atomic E-state index is -0.611. The van der Waals surface area contributed by atoms with Crippen molar-refractivity contribution in [1.29, 1.82) is 0 Å². The Labute approximate surface area is 122 Å². The fourth-order valence-corrected chi connectivity index (χ4v) is 1.78. The average Bonchev–Trinajstić information content (AvgIpc) is 2.88. The number of rotatable bonds is 5. The van der Waals surface area contributed by atoms with E-state index in [-0.39, 0.29) is 24.2 Å². The van der Waals surface area contributed by atoms with Gasteiger partial charge in [-0.3, -0.25) is 9.89 Å². The quantitative estimate of drug-likeness (QED) is 0.823. The molecule has 1 amide bonds. The van der Waals surface area contributed by atoms with Gasteiger partial charge in [-0.1, -0.05) is 32.0 Å². The van der Waals surface area contributed by atoms with Crippen molar-refractivity contribution in [2.24, 2.45) is 5.92 Å². The second-order valence-corrected chi connectivity index (χ2v) is 5.29. The Morgan fingerprint density at radius 3 is 2.71 bits per heavy atom. The molecule has 1 heterocycles. The minimum Gasteiger partial charge on any atom is -0.451 e. The topological polar surface area (TPSA) is 84.1 Å². The van der Waals surface area contributed by atoms with E-state index in [9.17, 15) is 9.59 Å². The molecule has 1 aromatic heterocycles. The van der Waals surface area contributed by atoms with E-state index in [0.29, 0.717) is 11.3 Å². The minimum absolute atomic E-state index is 0.0300. The smallest absolute Gasteiger partial charge is 0.359 e. The van der Waals surface area contributed by atoms with Gasteiger partial charge in [0.1, 0.15) is 0 Å². The molecule has 0 radical (unpaired) electrons. The molecule has 0 saturated heterocycles. The molecular weight excluding hydrogens is 270 g/mol. The van der Waals surface area contributed by atoms with Crippen molar-refractivity contribution in [3.63, 3.8) is 0 Å². The zero-order valence-electron chi connectivity index (χ0n) is 12.3. The number of para-hydroxylation sites is 1. The van der Waals surface area contributed by atoms with Crippen molar-refractivity contribution >= 4 is 22.8 Å². The van der Waals surface area contributed by atoms with Gasteiger partial charge in [-0.15, -0.1) is 0 Å². The molecule has 0 spiro atoms. The van der Waals surface area contributed by atoms with Crippen LogP contribution in [0.15, 0.2) is 24.3 Å². The molecule has 112 valence electrons. The Morgan fingerprint density at radius 1 is 1.29 bits per heavy atom. The molecule has 2 N–H and O–H groups in total. The molecule has 6 heteroatoms. The third-order valence-corrected chi connectivity index (χ3v) is 3.39. The van der Waals surface area contributed by atoms with Crippen LogP contribution in [-0.4, -0.2) is 34.7 Å². The molecule has 0 bridgehead atoms. The highest BCUT2D eigenvalue weighted by molar-refractivity contribution is 6.02. The van der Waals surface area contributed by atoms with Gasteiger partial charge in [0.25, 0.3) is 5.91 Å². The van der Waals surface area contributed by atoms with E-state index in [4.69, 9.17) is 4.74 Å². The Bertz CT molecular complexity index is 648. The number of hydrogen-bond acceptors (Lipinski definition) is 4. The van der Waals surface area contributed by atoms with Gasteiger partial charge in [0.15, 0.2) is 12.3 Å². The average molecular weight is 289 g/mol. The highest BCUT2D eigenvalue weighted by Crippen LogP contribution is 2.15. The Hall–Kier alpha value is -2.37.